The number of nitrogens with zero attached hydrogens (tertiary/aromatic N) is 4. The van der Waals surface area contributed by atoms with Crippen molar-refractivity contribution in [3.63, 3.8) is 0 Å². The summed E-state index contributed by atoms with van der Waals surface area (Å²) in [5, 5.41) is 12.1. The molecule has 0 spiro atoms. The third-order valence-corrected chi connectivity index (χ3v) is 3.67. The number of aromatic nitrogens is 4. The molecule has 2 aromatic rings. The van der Waals surface area contributed by atoms with Crippen LogP contribution in [0.5, 0.6) is 0 Å². The molecular formula is C13H19N5. The maximum Gasteiger partial charge on any atom is 0.182 e. The highest BCUT2D eigenvalue weighted by Crippen LogP contribution is 2.28. The lowest BCUT2D eigenvalue weighted by molar-refractivity contribution is 0.262. The van der Waals surface area contributed by atoms with Crippen LogP contribution in [0, 0.1) is 0 Å². The zero-order valence-electron chi connectivity index (χ0n) is 11.1. The summed E-state index contributed by atoms with van der Waals surface area (Å²) in [7, 11) is 0. The van der Waals surface area contributed by atoms with Crippen LogP contribution in [-0.2, 0) is 5.54 Å². The molecule has 5 heteroatoms. The van der Waals surface area contributed by atoms with E-state index in [9.17, 15) is 0 Å². The number of hydrogen-bond acceptors (Lipinski definition) is 4. The van der Waals surface area contributed by atoms with E-state index in [4.69, 9.17) is 5.73 Å². The maximum atomic E-state index is 5.70. The van der Waals surface area contributed by atoms with Gasteiger partial charge in [-0.2, -0.15) is 0 Å². The Bertz CT molecular complexity index is 510. The maximum absolute atomic E-state index is 5.70. The minimum atomic E-state index is -0.0553. The van der Waals surface area contributed by atoms with Crippen molar-refractivity contribution < 1.29 is 0 Å². The second-order valence-electron chi connectivity index (χ2n) is 4.74. The Morgan fingerprint density at radius 2 is 1.78 bits per heavy atom. The number of tetrazole rings is 1. The van der Waals surface area contributed by atoms with Crippen LogP contribution in [0.2, 0.25) is 0 Å². The van der Waals surface area contributed by atoms with Gasteiger partial charge in [0.25, 0.3) is 0 Å². The van der Waals surface area contributed by atoms with Crippen LogP contribution in [0.1, 0.15) is 33.6 Å². The lowest BCUT2D eigenvalue weighted by atomic mass is 9.95. The highest BCUT2D eigenvalue weighted by molar-refractivity contribution is 5.58. The van der Waals surface area contributed by atoms with Gasteiger partial charge < -0.3 is 5.73 Å². The van der Waals surface area contributed by atoms with Gasteiger partial charge in [-0.3, -0.25) is 0 Å². The first-order valence-electron chi connectivity index (χ1n) is 6.25. The van der Waals surface area contributed by atoms with E-state index in [2.05, 4.69) is 36.3 Å². The van der Waals surface area contributed by atoms with Gasteiger partial charge in [-0.25, -0.2) is 4.68 Å². The summed E-state index contributed by atoms with van der Waals surface area (Å²) in [5.41, 5.74) is 7.37. The molecule has 0 aliphatic heterocycles. The molecule has 0 bridgehead atoms. The molecule has 0 fully saturated rings. The van der Waals surface area contributed by atoms with Crippen molar-refractivity contribution in [3.8, 4) is 11.4 Å². The third kappa shape index (κ3) is 2.08. The topological polar surface area (TPSA) is 69.6 Å². The van der Waals surface area contributed by atoms with Crippen molar-refractivity contribution >= 4 is 5.69 Å². The van der Waals surface area contributed by atoms with E-state index in [1.165, 1.54) is 0 Å². The van der Waals surface area contributed by atoms with Crippen molar-refractivity contribution in [3.05, 3.63) is 24.3 Å². The van der Waals surface area contributed by atoms with Gasteiger partial charge in [-0.15, -0.1) is 5.10 Å². The monoisotopic (exact) mass is 245 g/mol. The van der Waals surface area contributed by atoms with Gasteiger partial charge >= 0.3 is 0 Å². The molecule has 2 N–H and O–H groups in total. The minimum absolute atomic E-state index is 0.0553. The van der Waals surface area contributed by atoms with Gasteiger partial charge in [-0.05, 0) is 54.5 Å². The normalized spacial score (nSPS) is 11.7. The van der Waals surface area contributed by atoms with Gasteiger partial charge in [0.2, 0.25) is 0 Å². The van der Waals surface area contributed by atoms with Crippen molar-refractivity contribution in [1.29, 1.82) is 0 Å². The number of nitrogens with two attached hydrogens (primary N) is 1. The Hall–Kier alpha value is -1.91. The van der Waals surface area contributed by atoms with E-state index in [0.717, 1.165) is 29.9 Å². The standard InChI is InChI=1S/C13H19N5/c1-4-13(3,5-2)18-12(15-16-17-18)10-6-8-11(14)9-7-10/h6-9H,4-5,14H2,1-3H3. The molecule has 1 aromatic carbocycles. The molecule has 0 unspecified atom stereocenters. The predicted octanol–water partition coefficient (Wildman–Crippen LogP) is 2.46. The zero-order valence-corrected chi connectivity index (χ0v) is 11.1. The van der Waals surface area contributed by atoms with Gasteiger partial charge in [-0.1, -0.05) is 13.8 Å². The van der Waals surface area contributed by atoms with E-state index in [1.54, 1.807) is 0 Å². The third-order valence-electron chi connectivity index (χ3n) is 3.67. The molecule has 18 heavy (non-hydrogen) atoms. The van der Waals surface area contributed by atoms with Crippen LogP contribution in [0.25, 0.3) is 11.4 Å². The van der Waals surface area contributed by atoms with Crippen molar-refractivity contribution in [2.75, 3.05) is 5.73 Å². The molecular weight excluding hydrogens is 226 g/mol. The first kappa shape index (κ1) is 12.5. The number of rotatable bonds is 4. The summed E-state index contributed by atoms with van der Waals surface area (Å²) in [6.45, 7) is 6.47. The smallest absolute Gasteiger partial charge is 0.182 e. The molecule has 5 nitrogen and oxygen atoms in total. The van der Waals surface area contributed by atoms with Gasteiger partial charge in [0.05, 0.1) is 5.54 Å². The zero-order chi connectivity index (χ0) is 13.2. The molecule has 0 aliphatic carbocycles. The molecule has 0 radical (unpaired) electrons. The molecule has 1 heterocycles. The second kappa shape index (κ2) is 4.76. The highest BCUT2D eigenvalue weighted by atomic mass is 15.6. The Balaban J connectivity index is 2.48. The van der Waals surface area contributed by atoms with Crippen LogP contribution in [0.15, 0.2) is 24.3 Å². The van der Waals surface area contributed by atoms with E-state index in [-0.39, 0.29) is 5.54 Å². The fraction of sp³-hybridized carbons (Fsp3) is 0.462. The minimum Gasteiger partial charge on any atom is -0.399 e. The summed E-state index contributed by atoms with van der Waals surface area (Å²) in [4.78, 5) is 0. The summed E-state index contributed by atoms with van der Waals surface area (Å²) in [6, 6.07) is 7.62. The Labute approximate surface area is 107 Å². The van der Waals surface area contributed by atoms with Gasteiger partial charge in [0.15, 0.2) is 5.82 Å². The fourth-order valence-electron chi connectivity index (χ4n) is 1.91. The van der Waals surface area contributed by atoms with Gasteiger partial charge in [0, 0.05) is 11.3 Å². The van der Waals surface area contributed by atoms with E-state index in [0.29, 0.717) is 0 Å². The molecule has 0 aliphatic rings. The van der Waals surface area contributed by atoms with Crippen molar-refractivity contribution in [2.24, 2.45) is 0 Å². The summed E-state index contributed by atoms with van der Waals surface area (Å²) >= 11 is 0. The molecule has 96 valence electrons. The number of hydrogen-bond donors (Lipinski definition) is 1. The van der Waals surface area contributed by atoms with Crippen LogP contribution < -0.4 is 5.73 Å². The molecule has 0 amide bonds. The number of anilines is 1. The molecule has 2 rings (SSSR count). The lowest BCUT2D eigenvalue weighted by Gasteiger charge is -2.27. The quantitative estimate of drug-likeness (QED) is 0.840. The summed E-state index contributed by atoms with van der Waals surface area (Å²) in [6.07, 6.45) is 1.97. The molecule has 0 saturated carbocycles. The molecule has 1 aromatic heterocycles. The van der Waals surface area contributed by atoms with E-state index >= 15 is 0 Å². The molecule has 0 saturated heterocycles. The van der Waals surface area contributed by atoms with Gasteiger partial charge in [0.1, 0.15) is 0 Å². The largest absolute Gasteiger partial charge is 0.399 e. The van der Waals surface area contributed by atoms with Crippen LogP contribution in [0.4, 0.5) is 5.69 Å². The lowest BCUT2D eigenvalue weighted by Crippen LogP contribution is -2.30. The molecule has 0 atom stereocenters. The fourth-order valence-corrected chi connectivity index (χ4v) is 1.91. The number of benzene rings is 1. The SMILES string of the molecule is CCC(C)(CC)n1nnnc1-c1ccc(N)cc1. The summed E-state index contributed by atoms with van der Waals surface area (Å²) < 4.78 is 1.92. The van der Waals surface area contributed by atoms with Crippen molar-refractivity contribution in [2.45, 2.75) is 39.2 Å². The Kier molecular flexibility index (Phi) is 3.32. The van der Waals surface area contributed by atoms with Crippen molar-refractivity contribution in [1.82, 2.24) is 20.2 Å². The van der Waals surface area contributed by atoms with E-state index < -0.39 is 0 Å². The van der Waals surface area contributed by atoms with Crippen LogP contribution in [-0.4, -0.2) is 20.2 Å². The average molecular weight is 245 g/mol. The Morgan fingerprint density at radius 1 is 1.17 bits per heavy atom. The second-order valence-corrected chi connectivity index (χ2v) is 4.74. The first-order valence-corrected chi connectivity index (χ1v) is 6.25. The Morgan fingerprint density at radius 3 is 2.33 bits per heavy atom. The van der Waals surface area contributed by atoms with E-state index in [1.807, 2.05) is 28.9 Å². The first-order chi connectivity index (χ1) is 8.60. The van der Waals surface area contributed by atoms with Crippen LogP contribution in [0.3, 0.4) is 0 Å². The highest BCUT2D eigenvalue weighted by Gasteiger charge is 2.27. The van der Waals surface area contributed by atoms with Crippen LogP contribution >= 0.6 is 0 Å². The average Bonchev–Trinajstić information content (AvgIpc) is 2.88. The summed E-state index contributed by atoms with van der Waals surface area (Å²) in [5.74, 6) is 0.793. The predicted molar refractivity (Wildman–Crippen MR) is 71.9 cm³/mol. The number of nitrogen functional groups attached to an aromatic ring is 1.